The Morgan fingerprint density at radius 1 is 1.09 bits per heavy atom. The van der Waals surface area contributed by atoms with Gasteiger partial charge in [0.15, 0.2) is 0 Å². The first-order chi connectivity index (χ1) is 11.2. The van der Waals surface area contributed by atoms with Crippen LogP contribution in [0.5, 0.6) is 0 Å². The van der Waals surface area contributed by atoms with E-state index >= 15 is 0 Å². The fraction of sp³-hybridized carbons (Fsp3) is 0.353. The Balaban J connectivity index is 1.64. The van der Waals surface area contributed by atoms with Gasteiger partial charge in [-0.1, -0.05) is 6.92 Å². The van der Waals surface area contributed by atoms with Crippen molar-refractivity contribution < 1.29 is 4.92 Å². The molecule has 6 nitrogen and oxygen atoms in total. The van der Waals surface area contributed by atoms with Crippen LogP contribution in [0, 0.1) is 10.1 Å². The Kier molecular flexibility index (Phi) is 4.41. The van der Waals surface area contributed by atoms with Crippen molar-refractivity contribution in [1.29, 1.82) is 0 Å². The fourth-order valence-electron chi connectivity index (χ4n) is 2.83. The zero-order valence-electron chi connectivity index (χ0n) is 13.2. The molecule has 2 aromatic rings. The quantitative estimate of drug-likeness (QED) is 0.641. The van der Waals surface area contributed by atoms with Crippen molar-refractivity contribution in [3.63, 3.8) is 0 Å². The molecule has 1 aliphatic heterocycles. The first-order valence-electron chi connectivity index (χ1n) is 7.86. The predicted molar refractivity (Wildman–Crippen MR) is 91.1 cm³/mol. The van der Waals surface area contributed by atoms with E-state index in [2.05, 4.69) is 33.8 Å². The van der Waals surface area contributed by atoms with Crippen molar-refractivity contribution in [3.05, 3.63) is 58.3 Å². The number of rotatable bonds is 4. The van der Waals surface area contributed by atoms with Gasteiger partial charge < -0.3 is 9.80 Å². The summed E-state index contributed by atoms with van der Waals surface area (Å²) in [5.74, 6) is 1.03. The van der Waals surface area contributed by atoms with E-state index in [0.29, 0.717) is 0 Å². The minimum absolute atomic E-state index is 0.132. The highest BCUT2D eigenvalue weighted by Gasteiger charge is 2.19. The number of aromatic nitrogens is 1. The molecule has 1 fully saturated rings. The van der Waals surface area contributed by atoms with Gasteiger partial charge in [-0.15, -0.1) is 0 Å². The van der Waals surface area contributed by atoms with Gasteiger partial charge in [0, 0.05) is 50.2 Å². The average Bonchev–Trinajstić information content (AvgIpc) is 2.62. The lowest BCUT2D eigenvalue weighted by molar-refractivity contribution is -0.384. The minimum atomic E-state index is -0.367. The topological polar surface area (TPSA) is 62.5 Å². The molecule has 1 aliphatic rings. The van der Waals surface area contributed by atoms with Gasteiger partial charge in [-0.2, -0.15) is 0 Å². The molecule has 23 heavy (non-hydrogen) atoms. The first kappa shape index (κ1) is 15.3. The fourth-order valence-corrected chi connectivity index (χ4v) is 2.83. The highest BCUT2D eigenvalue weighted by molar-refractivity contribution is 5.53. The molecular formula is C17H20N4O2. The molecule has 0 radical (unpaired) electrons. The summed E-state index contributed by atoms with van der Waals surface area (Å²) in [6.45, 7) is 5.71. The molecule has 0 amide bonds. The largest absolute Gasteiger partial charge is 0.368 e. The molecule has 1 saturated heterocycles. The van der Waals surface area contributed by atoms with Crippen LogP contribution in [-0.2, 0) is 6.42 Å². The van der Waals surface area contributed by atoms with E-state index in [1.165, 1.54) is 5.56 Å². The van der Waals surface area contributed by atoms with Gasteiger partial charge in [0.2, 0.25) is 0 Å². The van der Waals surface area contributed by atoms with Gasteiger partial charge in [0.05, 0.1) is 4.92 Å². The second kappa shape index (κ2) is 6.64. The van der Waals surface area contributed by atoms with E-state index in [9.17, 15) is 10.1 Å². The molecule has 1 aromatic carbocycles. The third-order valence-corrected chi connectivity index (χ3v) is 4.25. The maximum atomic E-state index is 10.7. The third-order valence-electron chi connectivity index (χ3n) is 4.25. The van der Waals surface area contributed by atoms with Crippen LogP contribution in [0.4, 0.5) is 17.2 Å². The number of aryl methyl sites for hydroxylation is 1. The zero-order valence-corrected chi connectivity index (χ0v) is 13.2. The molecule has 2 heterocycles. The number of nitro groups is 1. The van der Waals surface area contributed by atoms with E-state index in [-0.39, 0.29) is 10.6 Å². The summed E-state index contributed by atoms with van der Waals surface area (Å²) in [6, 6.07) is 11.0. The average molecular weight is 312 g/mol. The summed E-state index contributed by atoms with van der Waals surface area (Å²) in [4.78, 5) is 19.4. The lowest BCUT2D eigenvalue weighted by atomic mass is 10.2. The van der Waals surface area contributed by atoms with Gasteiger partial charge in [0.25, 0.3) is 5.69 Å². The number of hydrogen-bond donors (Lipinski definition) is 0. The highest BCUT2D eigenvalue weighted by atomic mass is 16.6. The molecule has 3 rings (SSSR count). The zero-order chi connectivity index (χ0) is 16.2. The Labute approximate surface area is 135 Å². The summed E-state index contributed by atoms with van der Waals surface area (Å²) >= 11 is 0. The summed E-state index contributed by atoms with van der Waals surface area (Å²) in [7, 11) is 0. The van der Waals surface area contributed by atoms with Gasteiger partial charge in [-0.05, 0) is 36.2 Å². The van der Waals surface area contributed by atoms with Crippen molar-refractivity contribution in [3.8, 4) is 0 Å². The summed E-state index contributed by atoms with van der Waals surface area (Å²) < 4.78 is 0. The van der Waals surface area contributed by atoms with Crippen LogP contribution >= 0.6 is 0 Å². The number of benzene rings is 1. The second-order valence-electron chi connectivity index (χ2n) is 5.62. The van der Waals surface area contributed by atoms with Crippen LogP contribution in [0.1, 0.15) is 12.5 Å². The maximum absolute atomic E-state index is 10.7. The number of hydrogen-bond acceptors (Lipinski definition) is 5. The molecule has 0 unspecified atom stereocenters. The molecule has 0 spiro atoms. The molecule has 0 bridgehead atoms. The molecule has 6 heteroatoms. The monoisotopic (exact) mass is 312 g/mol. The van der Waals surface area contributed by atoms with E-state index < -0.39 is 0 Å². The van der Waals surface area contributed by atoms with Crippen molar-refractivity contribution >= 4 is 17.2 Å². The summed E-state index contributed by atoms with van der Waals surface area (Å²) in [5, 5.41) is 10.7. The SMILES string of the molecule is CCc1ccnc(N2CCN(c3ccc([N+](=O)[O-])cc3)CC2)c1. The van der Waals surface area contributed by atoms with Crippen LogP contribution in [0.25, 0.3) is 0 Å². The summed E-state index contributed by atoms with van der Waals surface area (Å²) in [6.07, 6.45) is 2.88. The van der Waals surface area contributed by atoms with Crippen LogP contribution in [0.3, 0.4) is 0 Å². The number of piperazine rings is 1. The normalized spacial score (nSPS) is 14.8. The molecule has 120 valence electrons. The number of non-ortho nitro benzene ring substituents is 1. The molecule has 0 N–H and O–H groups in total. The van der Waals surface area contributed by atoms with Gasteiger partial charge in [0.1, 0.15) is 5.82 Å². The van der Waals surface area contributed by atoms with E-state index in [1.807, 2.05) is 18.3 Å². The van der Waals surface area contributed by atoms with Crippen molar-refractivity contribution in [1.82, 2.24) is 4.98 Å². The van der Waals surface area contributed by atoms with Crippen LogP contribution in [0.15, 0.2) is 42.6 Å². The third kappa shape index (κ3) is 3.41. The van der Waals surface area contributed by atoms with Crippen molar-refractivity contribution in [2.75, 3.05) is 36.0 Å². The second-order valence-corrected chi connectivity index (χ2v) is 5.62. The summed E-state index contributed by atoms with van der Waals surface area (Å²) in [5.41, 5.74) is 2.46. The smallest absolute Gasteiger partial charge is 0.269 e. The Morgan fingerprint density at radius 3 is 2.35 bits per heavy atom. The Morgan fingerprint density at radius 2 is 1.74 bits per heavy atom. The standard InChI is InChI=1S/C17H20N4O2/c1-2-14-7-8-18-17(13-14)20-11-9-19(10-12-20)15-3-5-16(6-4-15)21(22)23/h3-8,13H,2,9-12H2,1H3. The highest BCUT2D eigenvalue weighted by Crippen LogP contribution is 2.22. The number of nitro benzene ring substituents is 1. The molecular weight excluding hydrogens is 292 g/mol. The number of anilines is 2. The van der Waals surface area contributed by atoms with Crippen LogP contribution in [0.2, 0.25) is 0 Å². The van der Waals surface area contributed by atoms with Gasteiger partial charge in [-0.25, -0.2) is 4.98 Å². The predicted octanol–water partition coefficient (Wildman–Crippen LogP) is 2.88. The molecule has 1 aromatic heterocycles. The number of pyridine rings is 1. The van der Waals surface area contributed by atoms with Gasteiger partial charge >= 0.3 is 0 Å². The molecule has 0 aliphatic carbocycles. The first-order valence-corrected chi connectivity index (χ1v) is 7.86. The number of nitrogens with zero attached hydrogens (tertiary/aromatic N) is 4. The Bertz CT molecular complexity index is 679. The lowest BCUT2D eigenvalue weighted by Crippen LogP contribution is -2.46. The van der Waals surface area contributed by atoms with Crippen LogP contribution < -0.4 is 9.80 Å². The van der Waals surface area contributed by atoms with Gasteiger partial charge in [-0.3, -0.25) is 10.1 Å². The Hall–Kier alpha value is -2.63. The maximum Gasteiger partial charge on any atom is 0.269 e. The van der Waals surface area contributed by atoms with Crippen molar-refractivity contribution in [2.24, 2.45) is 0 Å². The van der Waals surface area contributed by atoms with E-state index in [1.54, 1.807) is 12.1 Å². The van der Waals surface area contributed by atoms with E-state index in [4.69, 9.17) is 0 Å². The molecule has 0 atom stereocenters. The van der Waals surface area contributed by atoms with Crippen LogP contribution in [-0.4, -0.2) is 36.1 Å². The minimum Gasteiger partial charge on any atom is -0.368 e. The van der Waals surface area contributed by atoms with E-state index in [0.717, 1.165) is 44.1 Å². The lowest BCUT2D eigenvalue weighted by Gasteiger charge is -2.36. The van der Waals surface area contributed by atoms with Crippen molar-refractivity contribution in [2.45, 2.75) is 13.3 Å². The molecule has 0 saturated carbocycles.